The molecule has 1 unspecified atom stereocenters. The van der Waals surface area contributed by atoms with Crippen LogP contribution in [-0.2, 0) is 32.1 Å². The third-order valence-corrected chi connectivity index (χ3v) is 21.6. The number of hydrogen-bond acceptors (Lipinski definition) is 0. The minimum absolute atomic E-state index is 0.0237. The number of benzene rings is 4. The fourth-order valence-electron chi connectivity index (χ4n) is 10.0. The van der Waals surface area contributed by atoms with Crippen molar-refractivity contribution in [2.45, 2.75) is 103 Å². The second-order valence-corrected chi connectivity index (χ2v) is 25.5. The van der Waals surface area contributed by atoms with Crippen molar-refractivity contribution in [2.24, 2.45) is 11.3 Å². The first kappa shape index (κ1) is 38.1. The van der Waals surface area contributed by atoms with Crippen LogP contribution >= 0.6 is 23.2 Å². The molecule has 4 aromatic rings. The van der Waals surface area contributed by atoms with Crippen LogP contribution in [0.4, 0.5) is 0 Å². The molecular weight excluding hydrogens is 775 g/mol. The van der Waals surface area contributed by atoms with Crippen LogP contribution in [0.3, 0.4) is 0 Å². The number of fused-ring (bicyclic) bond motifs is 5. The molecule has 0 nitrogen and oxygen atoms in total. The summed E-state index contributed by atoms with van der Waals surface area (Å²) < 4.78 is 3.47. The van der Waals surface area contributed by atoms with E-state index in [0.717, 1.165) is 10.0 Å². The van der Waals surface area contributed by atoms with Gasteiger partial charge in [0.1, 0.15) is 0 Å². The predicted octanol–water partition coefficient (Wildman–Crippen LogP) is 15.0. The van der Waals surface area contributed by atoms with E-state index in [-0.39, 0.29) is 19.9 Å². The number of allylic oxidation sites excluding steroid dienone is 8. The van der Waals surface area contributed by atoms with Crippen molar-refractivity contribution in [1.82, 2.24) is 0 Å². The van der Waals surface area contributed by atoms with Gasteiger partial charge in [-0.3, -0.25) is 0 Å². The Balaban J connectivity index is 1.54. The van der Waals surface area contributed by atoms with E-state index in [2.05, 4.69) is 154 Å². The van der Waals surface area contributed by atoms with E-state index in [1.54, 1.807) is 3.28 Å². The molecule has 276 valence electrons. The topological polar surface area (TPSA) is 0 Å². The maximum absolute atomic E-state index is 6.94. The van der Waals surface area contributed by atoms with E-state index in [1.165, 1.54) is 94.8 Å². The minimum atomic E-state index is -3.17. The van der Waals surface area contributed by atoms with Gasteiger partial charge in [-0.15, -0.1) is 0 Å². The summed E-state index contributed by atoms with van der Waals surface area (Å²) in [5.41, 5.74) is 18.4. The van der Waals surface area contributed by atoms with Gasteiger partial charge in [0.15, 0.2) is 0 Å². The van der Waals surface area contributed by atoms with Gasteiger partial charge in [0.2, 0.25) is 0 Å². The van der Waals surface area contributed by atoms with Crippen molar-refractivity contribution in [3.63, 3.8) is 0 Å². The molecule has 4 aromatic carbocycles. The van der Waals surface area contributed by atoms with E-state index in [1.807, 2.05) is 12.1 Å². The first-order chi connectivity index (χ1) is 25.5. The Morgan fingerprint density at radius 3 is 1.65 bits per heavy atom. The fraction of sp³-hybridized carbons (Fsp3) is 0.353. The zero-order valence-electron chi connectivity index (χ0n) is 33.8. The summed E-state index contributed by atoms with van der Waals surface area (Å²) in [7, 11) is 0. The summed E-state index contributed by atoms with van der Waals surface area (Å²) >= 11 is 10.7. The molecule has 0 amide bonds. The predicted molar refractivity (Wildman–Crippen MR) is 232 cm³/mol. The SMILES string of the molecule is CCCCC1C=C(C(C)(C)C)C=[C]1[Zr](=[C](c1cccc(Cl)c1)c1cccc(Cl)c1)[CH]1c2cc3c(cc2-c2cc4c(cc21)C(C)(C)C=C4C)C(C)=CC3(C)C. The molecule has 0 radical (unpaired) electrons. The third kappa shape index (κ3) is 6.43. The van der Waals surface area contributed by atoms with E-state index in [9.17, 15) is 0 Å². The molecule has 4 aliphatic carbocycles. The van der Waals surface area contributed by atoms with Gasteiger partial charge in [0.05, 0.1) is 0 Å². The number of hydrogen-bond donors (Lipinski definition) is 0. The second-order valence-electron chi connectivity index (χ2n) is 18.5. The van der Waals surface area contributed by atoms with Crippen LogP contribution in [0.5, 0.6) is 0 Å². The van der Waals surface area contributed by atoms with Crippen LogP contribution in [0.2, 0.25) is 10.0 Å². The summed E-state index contributed by atoms with van der Waals surface area (Å²) in [5, 5.41) is 1.56. The average Bonchev–Trinajstić information content (AvgIpc) is 3.79. The standard InChI is InChI=1S/C25H25.C13H8Cl2.C13H21.Zr/c1-14-12-24(3,4)22-8-16-7-17-9-23-19(15(2)13-25(23,5)6)11-21(17)20(16)10-18(14)22;14-12-5-1-3-10(8-12)7-11-4-2-6-13(15)9-11;1-5-6-7-11-8-9-12(10-11)13(2,3)4;/h7-13H,1-6H3;1-6,8-9H;9-11H,5-7H2,1-4H3;. The van der Waals surface area contributed by atoms with Crippen LogP contribution in [0, 0.1) is 11.3 Å². The van der Waals surface area contributed by atoms with Gasteiger partial charge in [-0.25, -0.2) is 0 Å². The van der Waals surface area contributed by atoms with Crippen LogP contribution < -0.4 is 0 Å². The zero-order valence-corrected chi connectivity index (χ0v) is 37.7. The van der Waals surface area contributed by atoms with Gasteiger partial charge >= 0.3 is 345 Å². The summed E-state index contributed by atoms with van der Waals surface area (Å²) in [6.07, 6.45) is 13.9. The molecule has 3 heteroatoms. The molecule has 8 rings (SSSR count). The Morgan fingerprint density at radius 2 is 1.20 bits per heavy atom. The summed E-state index contributed by atoms with van der Waals surface area (Å²) in [6.45, 7) is 23.7. The zero-order chi connectivity index (χ0) is 38.5. The molecule has 4 aliphatic rings. The third-order valence-electron chi connectivity index (χ3n) is 12.6. The van der Waals surface area contributed by atoms with Gasteiger partial charge in [0.25, 0.3) is 0 Å². The first-order valence-electron chi connectivity index (χ1n) is 20.0. The molecule has 54 heavy (non-hydrogen) atoms. The summed E-state index contributed by atoms with van der Waals surface area (Å²) in [6, 6.07) is 27.9. The summed E-state index contributed by atoms with van der Waals surface area (Å²) in [5.74, 6) is 0.416. The molecule has 1 atom stereocenters. The molecule has 0 aromatic heterocycles. The second kappa shape index (κ2) is 13.7. The molecule has 0 fully saturated rings. The van der Waals surface area contributed by atoms with Crippen molar-refractivity contribution in [3.05, 3.63) is 161 Å². The van der Waals surface area contributed by atoms with Crippen LogP contribution in [0.25, 0.3) is 22.3 Å². The molecule has 0 saturated heterocycles. The van der Waals surface area contributed by atoms with Gasteiger partial charge in [-0.1, -0.05) is 0 Å². The molecule has 0 saturated carbocycles. The Hall–Kier alpha value is -2.83. The van der Waals surface area contributed by atoms with Gasteiger partial charge in [0, 0.05) is 0 Å². The van der Waals surface area contributed by atoms with E-state index in [0.29, 0.717) is 5.92 Å². The van der Waals surface area contributed by atoms with Crippen molar-refractivity contribution < 1.29 is 21.3 Å². The molecular formula is C51H54Cl2Zr. The normalized spacial score (nSPS) is 19.1. The molecule has 0 bridgehead atoms. The first-order valence-corrected chi connectivity index (χ1v) is 24.6. The summed E-state index contributed by atoms with van der Waals surface area (Å²) in [4.78, 5) is 0. The Labute approximate surface area is 342 Å². The van der Waals surface area contributed by atoms with Gasteiger partial charge in [-0.2, -0.15) is 0 Å². The Bertz CT molecular complexity index is 2270. The molecule has 0 spiro atoms. The Morgan fingerprint density at radius 1 is 0.704 bits per heavy atom. The molecule has 0 N–H and O–H groups in total. The van der Waals surface area contributed by atoms with Crippen molar-refractivity contribution in [2.75, 3.05) is 0 Å². The average molecular weight is 829 g/mol. The van der Waals surface area contributed by atoms with Crippen molar-refractivity contribution in [1.29, 1.82) is 0 Å². The number of rotatable bonds is 7. The molecule has 0 heterocycles. The van der Waals surface area contributed by atoms with Gasteiger partial charge in [-0.05, 0) is 0 Å². The monoisotopic (exact) mass is 826 g/mol. The molecule has 0 aliphatic heterocycles. The number of halogens is 2. The van der Waals surface area contributed by atoms with Crippen LogP contribution in [0.15, 0.2) is 106 Å². The van der Waals surface area contributed by atoms with Crippen LogP contribution in [0.1, 0.15) is 137 Å². The number of unbranched alkanes of at least 4 members (excludes halogenated alkanes) is 1. The van der Waals surface area contributed by atoms with E-state index >= 15 is 0 Å². The fourth-order valence-corrected chi connectivity index (χ4v) is 19.9. The Kier molecular flexibility index (Phi) is 9.64. The quantitative estimate of drug-likeness (QED) is 0.174. The van der Waals surface area contributed by atoms with Gasteiger partial charge < -0.3 is 0 Å². The van der Waals surface area contributed by atoms with Crippen LogP contribution in [-0.4, -0.2) is 3.21 Å². The van der Waals surface area contributed by atoms with Crippen molar-refractivity contribution in [3.8, 4) is 11.1 Å². The van der Waals surface area contributed by atoms with E-state index < -0.39 is 21.3 Å². The van der Waals surface area contributed by atoms with E-state index in [4.69, 9.17) is 23.2 Å². The maximum atomic E-state index is 6.94. The van der Waals surface area contributed by atoms with Crippen molar-refractivity contribution >= 4 is 37.6 Å².